The summed E-state index contributed by atoms with van der Waals surface area (Å²) in [6.45, 7) is 8.92. The lowest BCUT2D eigenvalue weighted by Gasteiger charge is -2.32. The second-order valence-corrected chi connectivity index (χ2v) is 8.68. The highest BCUT2D eigenvalue weighted by Gasteiger charge is 2.17. The number of anilines is 1. The first-order valence-corrected chi connectivity index (χ1v) is 11.7. The minimum absolute atomic E-state index is 0. The smallest absolute Gasteiger partial charge is 0.191 e. The number of rotatable bonds is 8. The normalized spacial score (nSPS) is 16.5. The van der Waals surface area contributed by atoms with Crippen molar-refractivity contribution < 1.29 is 4.74 Å². The predicted octanol–water partition coefficient (Wildman–Crippen LogP) is 4.43. The molecular formula is C22H31ClIN5OS. The zero-order valence-electron chi connectivity index (χ0n) is 18.0. The lowest BCUT2D eigenvalue weighted by molar-refractivity contribution is 0.0529. The predicted molar refractivity (Wildman–Crippen MR) is 142 cm³/mol. The molecule has 2 aromatic rings. The van der Waals surface area contributed by atoms with E-state index >= 15 is 0 Å². The lowest BCUT2D eigenvalue weighted by Crippen LogP contribution is -2.41. The topological polar surface area (TPSA) is 61.8 Å². The van der Waals surface area contributed by atoms with Crippen LogP contribution in [0.25, 0.3) is 0 Å². The summed E-state index contributed by atoms with van der Waals surface area (Å²) in [5.41, 5.74) is 1.09. The average molecular weight is 576 g/mol. The highest BCUT2D eigenvalue weighted by Crippen LogP contribution is 2.19. The number of nitrogens with one attached hydrogen (secondary N) is 2. The van der Waals surface area contributed by atoms with Crippen LogP contribution in [0, 0.1) is 0 Å². The molecule has 0 saturated carbocycles. The number of benzene rings is 1. The number of nitrogens with zero attached hydrogens (tertiary/aromatic N) is 3. The molecule has 1 saturated heterocycles. The van der Waals surface area contributed by atoms with Gasteiger partial charge in [0, 0.05) is 48.0 Å². The fourth-order valence-corrected chi connectivity index (χ4v) is 4.00. The summed E-state index contributed by atoms with van der Waals surface area (Å²) in [5, 5.41) is 7.45. The van der Waals surface area contributed by atoms with Gasteiger partial charge < -0.3 is 20.3 Å². The average Bonchev–Trinajstić information content (AvgIpc) is 2.76. The molecule has 3 rings (SSSR count). The van der Waals surface area contributed by atoms with Gasteiger partial charge in [0.05, 0.1) is 19.3 Å². The first-order chi connectivity index (χ1) is 14.6. The van der Waals surface area contributed by atoms with Crippen LogP contribution in [0.15, 0.2) is 52.5 Å². The van der Waals surface area contributed by atoms with Crippen molar-refractivity contribution in [1.82, 2.24) is 15.6 Å². The third kappa shape index (κ3) is 9.03. The van der Waals surface area contributed by atoms with Crippen LogP contribution in [0.1, 0.15) is 19.4 Å². The van der Waals surface area contributed by atoms with Gasteiger partial charge in [-0.25, -0.2) is 9.98 Å². The third-order valence-corrected chi connectivity index (χ3v) is 5.88. The van der Waals surface area contributed by atoms with Crippen molar-refractivity contribution in [3.63, 3.8) is 0 Å². The van der Waals surface area contributed by atoms with Gasteiger partial charge >= 0.3 is 0 Å². The summed E-state index contributed by atoms with van der Waals surface area (Å²) in [4.78, 5) is 12.8. The van der Waals surface area contributed by atoms with Crippen molar-refractivity contribution in [2.24, 2.45) is 4.99 Å². The number of thioether (sulfide) groups is 1. The standard InChI is InChI=1S/C22H30ClN5OS.HI/c1-3-24-22(25-10-13-30-20-7-5-19(23)6-8-20)27-15-18-4-9-21(26-14-18)28-11-12-29-17(2)16-28;/h4-9,14,17H,3,10-13,15-16H2,1-2H3,(H2,24,25,27);1H. The molecular weight excluding hydrogens is 545 g/mol. The van der Waals surface area contributed by atoms with E-state index < -0.39 is 0 Å². The van der Waals surface area contributed by atoms with Crippen molar-refractivity contribution in [1.29, 1.82) is 0 Å². The Morgan fingerprint density at radius 1 is 1.26 bits per heavy atom. The van der Waals surface area contributed by atoms with E-state index in [-0.39, 0.29) is 30.1 Å². The fraction of sp³-hybridized carbons (Fsp3) is 0.455. The van der Waals surface area contributed by atoms with Gasteiger partial charge in [-0.2, -0.15) is 0 Å². The second-order valence-electron chi connectivity index (χ2n) is 7.08. The molecule has 1 aliphatic heterocycles. The Labute approximate surface area is 211 Å². The minimum atomic E-state index is 0. The first kappa shape index (κ1) is 26.0. The molecule has 1 unspecified atom stereocenters. The monoisotopic (exact) mass is 575 g/mol. The second kappa shape index (κ2) is 14.0. The van der Waals surface area contributed by atoms with Crippen LogP contribution in [0.5, 0.6) is 0 Å². The Morgan fingerprint density at radius 3 is 2.74 bits per heavy atom. The van der Waals surface area contributed by atoms with Gasteiger partial charge in [0.1, 0.15) is 5.82 Å². The third-order valence-electron chi connectivity index (χ3n) is 4.62. The largest absolute Gasteiger partial charge is 0.375 e. The van der Waals surface area contributed by atoms with E-state index in [4.69, 9.17) is 16.3 Å². The van der Waals surface area contributed by atoms with E-state index in [9.17, 15) is 0 Å². The molecule has 6 nitrogen and oxygen atoms in total. The van der Waals surface area contributed by atoms with Crippen LogP contribution in [-0.2, 0) is 11.3 Å². The number of aliphatic imine (C=N–C) groups is 1. The van der Waals surface area contributed by atoms with E-state index in [1.54, 1.807) is 11.8 Å². The molecule has 0 amide bonds. The molecule has 2 N–H and O–H groups in total. The Kier molecular flexibility index (Phi) is 11.8. The summed E-state index contributed by atoms with van der Waals surface area (Å²) in [7, 11) is 0. The summed E-state index contributed by atoms with van der Waals surface area (Å²) in [6, 6.07) is 12.1. The van der Waals surface area contributed by atoms with Crippen molar-refractivity contribution in [3.05, 3.63) is 53.2 Å². The molecule has 2 heterocycles. The Bertz CT molecular complexity index is 807. The summed E-state index contributed by atoms with van der Waals surface area (Å²) in [6.07, 6.45) is 2.16. The van der Waals surface area contributed by atoms with E-state index in [0.29, 0.717) is 6.54 Å². The molecule has 0 bridgehead atoms. The number of halogens is 2. The van der Waals surface area contributed by atoms with Crippen LogP contribution < -0.4 is 15.5 Å². The Balaban J connectivity index is 0.00000341. The van der Waals surface area contributed by atoms with Crippen molar-refractivity contribution >= 4 is 59.1 Å². The molecule has 170 valence electrons. The van der Waals surface area contributed by atoms with Gasteiger partial charge in [-0.3, -0.25) is 0 Å². The van der Waals surface area contributed by atoms with Gasteiger partial charge in [0.15, 0.2) is 5.96 Å². The highest BCUT2D eigenvalue weighted by atomic mass is 127. The first-order valence-electron chi connectivity index (χ1n) is 10.4. The Morgan fingerprint density at radius 2 is 2.06 bits per heavy atom. The Hall–Kier alpha value is -1.23. The van der Waals surface area contributed by atoms with Gasteiger partial charge in [-0.05, 0) is 49.7 Å². The van der Waals surface area contributed by atoms with Gasteiger partial charge in [0.25, 0.3) is 0 Å². The molecule has 1 aliphatic rings. The van der Waals surface area contributed by atoms with Crippen molar-refractivity contribution in [3.8, 4) is 0 Å². The molecule has 9 heteroatoms. The van der Waals surface area contributed by atoms with Gasteiger partial charge in [-0.15, -0.1) is 35.7 Å². The lowest BCUT2D eigenvalue weighted by atomic mass is 10.2. The summed E-state index contributed by atoms with van der Waals surface area (Å²) in [5.74, 6) is 2.77. The van der Waals surface area contributed by atoms with Crippen LogP contribution in [0.2, 0.25) is 5.02 Å². The van der Waals surface area contributed by atoms with E-state index in [1.165, 1.54) is 4.90 Å². The number of guanidine groups is 1. The molecule has 31 heavy (non-hydrogen) atoms. The van der Waals surface area contributed by atoms with Crippen LogP contribution in [0.4, 0.5) is 5.82 Å². The van der Waals surface area contributed by atoms with E-state index in [0.717, 1.165) is 60.9 Å². The summed E-state index contributed by atoms with van der Waals surface area (Å²) < 4.78 is 5.60. The highest BCUT2D eigenvalue weighted by molar-refractivity contribution is 14.0. The maximum Gasteiger partial charge on any atom is 0.191 e. The van der Waals surface area contributed by atoms with E-state index in [2.05, 4.69) is 51.5 Å². The number of morpholine rings is 1. The molecule has 0 aliphatic carbocycles. The molecule has 1 aromatic heterocycles. The number of hydrogen-bond acceptors (Lipinski definition) is 5. The number of ether oxygens (including phenoxy) is 1. The number of pyridine rings is 1. The van der Waals surface area contributed by atoms with Crippen LogP contribution in [0.3, 0.4) is 0 Å². The van der Waals surface area contributed by atoms with Crippen molar-refractivity contribution in [2.45, 2.75) is 31.4 Å². The molecule has 1 fully saturated rings. The zero-order chi connectivity index (χ0) is 21.2. The minimum Gasteiger partial charge on any atom is -0.375 e. The van der Waals surface area contributed by atoms with Gasteiger partial charge in [0.2, 0.25) is 0 Å². The van der Waals surface area contributed by atoms with Crippen molar-refractivity contribution in [2.75, 3.05) is 43.4 Å². The molecule has 0 radical (unpaired) electrons. The van der Waals surface area contributed by atoms with Crippen LogP contribution >= 0.6 is 47.3 Å². The van der Waals surface area contributed by atoms with Gasteiger partial charge in [-0.1, -0.05) is 17.7 Å². The summed E-state index contributed by atoms with van der Waals surface area (Å²) >= 11 is 7.72. The number of aromatic nitrogens is 1. The molecule has 1 atom stereocenters. The zero-order valence-corrected chi connectivity index (χ0v) is 21.9. The molecule has 0 spiro atoms. The quantitative estimate of drug-likeness (QED) is 0.160. The maximum absolute atomic E-state index is 5.93. The van der Waals surface area contributed by atoms with E-state index in [1.807, 2.05) is 30.5 Å². The number of hydrogen-bond donors (Lipinski definition) is 2. The van der Waals surface area contributed by atoms with Crippen LogP contribution in [-0.4, -0.2) is 55.6 Å². The SMILES string of the molecule is CCNC(=NCc1ccc(N2CCOC(C)C2)nc1)NCCSc1ccc(Cl)cc1.I. The maximum atomic E-state index is 5.93. The molecule has 1 aromatic carbocycles. The fourth-order valence-electron chi connectivity index (χ4n) is 3.11.